The van der Waals surface area contributed by atoms with Crippen LogP contribution >= 0.6 is 0 Å². The molecular weight excluding hydrogens is 685 g/mol. The Kier molecular flexibility index (Phi) is 13.3. The molecule has 3 heterocycles. The molecule has 1 spiro atoms. The molecule has 2 aliphatic carbocycles. The van der Waals surface area contributed by atoms with Crippen molar-refractivity contribution in [2.75, 3.05) is 39.9 Å². The highest BCUT2D eigenvalue weighted by Crippen LogP contribution is 2.45. The molecule has 290 valence electrons. The Bertz CT molecular complexity index is 1650. The van der Waals surface area contributed by atoms with E-state index in [4.69, 9.17) is 9.47 Å². The number of hydrogen-bond donors (Lipinski definition) is 0. The lowest BCUT2D eigenvalue weighted by Gasteiger charge is -2.33. The number of nitrogens with zero attached hydrogens (tertiary/aromatic N) is 4. The molecule has 2 saturated heterocycles. The monoisotopic (exact) mass is 741 g/mol. The maximum Gasteiger partial charge on any atom is 0.257 e. The second-order valence-corrected chi connectivity index (χ2v) is 16.6. The van der Waals surface area contributed by atoms with Crippen LogP contribution in [-0.2, 0) is 20.8 Å². The summed E-state index contributed by atoms with van der Waals surface area (Å²) in [4.78, 5) is 39.2. The van der Waals surface area contributed by atoms with Crippen LogP contribution in [0.1, 0.15) is 89.1 Å². The maximum absolute atomic E-state index is 13.7. The second kappa shape index (κ2) is 17.0. The number of amides is 1. The third-order valence-electron chi connectivity index (χ3n) is 10.6. The Morgan fingerprint density at radius 2 is 1.68 bits per heavy atom. The summed E-state index contributed by atoms with van der Waals surface area (Å²) in [5.41, 5.74) is 2.23. The van der Waals surface area contributed by atoms with Crippen LogP contribution in [0.4, 0.5) is 13.2 Å². The molecule has 12 heteroatoms. The summed E-state index contributed by atoms with van der Waals surface area (Å²) >= 11 is 0. The Hall–Kier alpha value is -4.06. The number of alkyl halides is 2. The number of aldehydes is 1. The summed E-state index contributed by atoms with van der Waals surface area (Å²) < 4.78 is 54.1. The lowest BCUT2D eigenvalue weighted by atomic mass is 9.73. The van der Waals surface area contributed by atoms with Gasteiger partial charge in [-0.1, -0.05) is 39.1 Å². The third-order valence-corrected chi connectivity index (χ3v) is 10.6. The standard InChI is InChI=1S/C31H34F3N4O4.C5H12O.C5H10/c1-3-28(27(16-39)21(2)23-8-10-31(33,34)11-9-23)42-17-25-15-36(18-30(25)19-38(41)20-30)29(40)24-12-35-37(14-24)13-22-4-6-26(32)7-5-22;1-5(2,3)6-4;1-5(2)3-4-5/h3-7,12,14,16,23,25H,1-2,8-11,13,15,17-20H2;1-4H3;3-4H2,1-2H3/q+1;;/b28-27+;;. The average molecular weight is 742 g/mol. The zero-order valence-electron chi connectivity index (χ0n) is 32.1. The number of methoxy groups -OCH3 is 1. The quantitative estimate of drug-likeness (QED) is 0.0802. The summed E-state index contributed by atoms with van der Waals surface area (Å²) in [5.74, 6) is -3.47. The van der Waals surface area contributed by atoms with Gasteiger partial charge in [-0.3, -0.25) is 14.3 Å². The number of allylic oxidation sites excluding steroid dienone is 3. The zero-order chi connectivity index (χ0) is 39.2. The smallest absolute Gasteiger partial charge is 0.257 e. The highest BCUT2D eigenvalue weighted by Gasteiger charge is 2.62. The highest BCUT2D eigenvalue weighted by molar-refractivity contribution is 5.94. The fourth-order valence-corrected chi connectivity index (χ4v) is 6.54. The molecule has 1 amide bonds. The number of carbonyl (C=O) groups excluding carboxylic acids is 2. The molecular formula is C41H56F3N4O5+. The van der Waals surface area contributed by atoms with Crippen LogP contribution in [0, 0.1) is 33.4 Å². The molecule has 9 nitrogen and oxygen atoms in total. The van der Waals surface area contributed by atoms with Gasteiger partial charge >= 0.3 is 0 Å². The van der Waals surface area contributed by atoms with E-state index in [0.717, 1.165) is 15.7 Å². The minimum atomic E-state index is -2.70. The van der Waals surface area contributed by atoms with E-state index in [1.54, 1.807) is 35.0 Å². The van der Waals surface area contributed by atoms with E-state index in [-0.39, 0.29) is 85.9 Å². The summed E-state index contributed by atoms with van der Waals surface area (Å²) in [7, 11) is 1.71. The van der Waals surface area contributed by atoms with Gasteiger partial charge in [-0.25, -0.2) is 13.2 Å². The Morgan fingerprint density at radius 3 is 2.17 bits per heavy atom. The van der Waals surface area contributed by atoms with Crippen molar-refractivity contribution in [3.8, 4) is 0 Å². The van der Waals surface area contributed by atoms with Crippen molar-refractivity contribution in [1.29, 1.82) is 0 Å². The van der Waals surface area contributed by atoms with E-state index in [1.807, 2.05) is 20.8 Å². The van der Waals surface area contributed by atoms with Crippen molar-refractivity contribution in [2.45, 2.75) is 91.2 Å². The normalized spacial score (nSPS) is 21.6. The van der Waals surface area contributed by atoms with E-state index < -0.39 is 11.3 Å². The molecule has 2 aliphatic heterocycles. The van der Waals surface area contributed by atoms with Gasteiger partial charge in [-0.2, -0.15) is 5.10 Å². The molecule has 6 rings (SSSR count). The number of hydrogen-bond acceptors (Lipinski definition) is 6. The van der Waals surface area contributed by atoms with Crippen LogP contribution in [0.5, 0.6) is 0 Å². The molecule has 1 unspecified atom stereocenters. The minimum Gasteiger partial charge on any atom is -0.492 e. The van der Waals surface area contributed by atoms with Crippen molar-refractivity contribution in [3.63, 3.8) is 0 Å². The first kappa shape index (κ1) is 41.7. The third kappa shape index (κ3) is 11.7. The van der Waals surface area contributed by atoms with Gasteiger partial charge < -0.3 is 14.4 Å². The number of nitroso groups, excluding NO2 is 1. The zero-order valence-corrected chi connectivity index (χ0v) is 32.1. The molecule has 0 bridgehead atoms. The molecule has 1 aromatic carbocycles. The number of carbonyl (C=O) groups is 2. The van der Waals surface area contributed by atoms with Crippen molar-refractivity contribution >= 4 is 12.2 Å². The number of benzene rings is 1. The minimum absolute atomic E-state index is 0.0417. The van der Waals surface area contributed by atoms with Gasteiger partial charge in [0.25, 0.3) is 5.91 Å². The number of likely N-dealkylation sites (tertiary alicyclic amines) is 1. The van der Waals surface area contributed by atoms with Crippen molar-refractivity contribution in [3.05, 3.63) is 94.6 Å². The molecule has 1 aromatic heterocycles. The number of ether oxygens (including phenoxy) is 2. The van der Waals surface area contributed by atoms with Gasteiger partial charge in [0.05, 0.1) is 36.1 Å². The van der Waals surface area contributed by atoms with Crippen LogP contribution in [0.3, 0.4) is 0 Å². The van der Waals surface area contributed by atoms with Crippen molar-refractivity contribution in [1.82, 2.24) is 14.7 Å². The fourth-order valence-electron chi connectivity index (χ4n) is 6.54. The Balaban J connectivity index is 0.000000492. The largest absolute Gasteiger partial charge is 0.492 e. The summed E-state index contributed by atoms with van der Waals surface area (Å²) in [6.07, 6.45) is 8.03. The lowest BCUT2D eigenvalue weighted by molar-refractivity contribution is -0.647. The molecule has 1 atom stereocenters. The fraction of sp³-hybridized carbons (Fsp3) is 0.585. The van der Waals surface area contributed by atoms with Gasteiger partial charge in [0.1, 0.15) is 17.0 Å². The first-order chi connectivity index (χ1) is 24.8. The predicted molar refractivity (Wildman–Crippen MR) is 198 cm³/mol. The van der Waals surface area contributed by atoms with Crippen molar-refractivity contribution in [2.24, 2.45) is 22.7 Å². The van der Waals surface area contributed by atoms with E-state index in [0.29, 0.717) is 37.1 Å². The molecule has 0 radical (unpaired) electrons. The Labute approximate surface area is 311 Å². The van der Waals surface area contributed by atoms with Gasteiger partial charge in [-0.15, -0.1) is 0 Å². The SMILES string of the molecule is C=C/C(OCC1CN(C(=O)c2cnn(Cc3ccc(F)cc3)c2)CC12C[N+](=O)C2)=C(/C=O)C(=C)C1CCC(F)(F)CC1.CC1(C)CC1.COC(C)(C)C. The molecule has 2 saturated carbocycles. The first-order valence-corrected chi connectivity index (χ1v) is 18.3. The van der Waals surface area contributed by atoms with E-state index in [1.165, 1.54) is 37.2 Å². The van der Waals surface area contributed by atoms with Gasteiger partial charge in [0.15, 0.2) is 6.29 Å². The predicted octanol–water partition coefficient (Wildman–Crippen LogP) is 8.20. The Morgan fingerprint density at radius 1 is 1.09 bits per heavy atom. The maximum atomic E-state index is 13.7. The van der Waals surface area contributed by atoms with Gasteiger partial charge in [0.2, 0.25) is 19.0 Å². The summed E-state index contributed by atoms with van der Waals surface area (Å²) in [6.45, 7) is 20.2. The van der Waals surface area contributed by atoms with Crippen LogP contribution in [-0.4, -0.2) is 83.1 Å². The van der Waals surface area contributed by atoms with Crippen LogP contribution in [0.2, 0.25) is 0 Å². The topological polar surface area (TPSA) is 93.7 Å². The average Bonchev–Trinajstić information content (AvgIpc) is 3.42. The van der Waals surface area contributed by atoms with Crippen molar-refractivity contribution < 1.29 is 37.0 Å². The number of rotatable bonds is 10. The van der Waals surface area contributed by atoms with E-state index in [2.05, 4.69) is 32.1 Å². The number of halogens is 3. The summed E-state index contributed by atoms with van der Waals surface area (Å²) in [6, 6.07) is 6.05. The van der Waals surface area contributed by atoms with E-state index in [9.17, 15) is 27.7 Å². The van der Waals surface area contributed by atoms with Gasteiger partial charge in [-0.05, 0) is 91.9 Å². The molecule has 2 aromatic rings. The highest BCUT2D eigenvalue weighted by atomic mass is 19.3. The second-order valence-electron chi connectivity index (χ2n) is 16.6. The van der Waals surface area contributed by atoms with Gasteiger partial charge in [0, 0.05) is 50.1 Å². The van der Waals surface area contributed by atoms with Crippen LogP contribution in [0.25, 0.3) is 0 Å². The molecule has 53 heavy (non-hydrogen) atoms. The van der Waals surface area contributed by atoms with Crippen LogP contribution in [0.15, 0.2) is 72.8 Å². The number of aromatic nitrogens is 2. The van der Waals surface area contributed by atoms with Crippen LogP contribution < -0.4 is 0 Å². The molecule has 4 aliphatic rings. The molecule has 4 fully saturated rings. The molecule has 0 N–H and O–H groups in total. The lowest BCUT2D eigenvalue weighted by Crippen LogP contribution is -2.56. The van der Waals surface area contributed by atoms with E-state index >= 15 is 0 Å². The summed E-state index contributed by atoms with van der Waals surface area (Å²) in [5, 5.41) is 4.28. The first-order valence-electron chi connectivity index (χ1n) is 18.3.